The number of ether oxygens (including phenoxy) is 3. The summed E-state index contributed by atoms with van der Waals surface area (Å²) in [6.07, 6.45) is 80.8. The van der Waals surface area contributed by atoms with E-state index in [1.54, 1.807) is 0 Å². The maximum absolute atomic E-state index is 12.8. The quantitative estimate of drug-likeness (QED) is 0.0261. The van der Waals surface area contributed by atoms with Crippen LogP contribution in [0.15, 0.2) is 36.5 Å². The van der Waals surface area contributed by atoms with Crippen LogP contribution in [0.4, 0.5) is 0 Å². The van der Waals surface area contributed by atoms with Crippen LogP contribution in [0.1, 0.15) is 374 Å². The Morgan fingerprint density at radius 2 is 0.474 bits per heavy atom. The molecule has 0 radical (unpaired) electrons. The van der Waals surface area contributed by atoms with Crippen LogP contribution in [-0.4, -0.2) is 37.2 Å². The van der Waals surface area contributed by atoms with Crippen molar-refractivity contribution in [3.63, 3.8) is 0 Å². The Morgan fingerprint density at radius 3 is 0.737 bits per heavy atom. The van der Waals surface area contributed by atoms with Gasteiger partial charge < -0.3 is 14.2 Å². The molecular weight excluding hydrogens is 937 g/mol. The molecule has 0 saturated heterocycles. The second-order valence-corrected chi connectivity index (χ2v) is 23.1. The van der Waals surface area contributed by atoms with Gasteiger partial charge in [0, 0.05) is 19.3 Å². The SMILES string of the molecule is CCCCCCC/C=C\C/C=C\C/C=C\CCCCCCCCCCCCCCC(=O)OCC(COC(=O)CCCCCCC)OC(=O)CCCCCCCCCCCCCCCCCCCCCCCCCCCC. The highest BCUT2D eigenvalue weighted by molar-refractivity contribution is 5.71. The molecule has 0 saturated carbocycles. The molecule has 0 N–H and O–H groups in total. The first-order valence-corrected chi connectivity index (χ1v) is 34.0. The molecule has 1 unspecified atom stereocenters. The zero-order valence-electron chi connectivity index (χ0n) is 51.3. The minimum absolute atomic E-state index is 0.0689. The van der Waals surface area contributed by atoms with Gasteiger partial charge in [0.1, 0.15) is 13.2 Å². The maximum atomic E-state index is 12.8. The second-order valence-electron chi connectivity index (χ2n) is 23.1. The molecule has 0 fully saturated rings. The predicted octanol–water partition coefficient (Wildman–Crippen LogP) is 23.2. The summed E-state index contributed by atoms with van der Waals surface area (Å²) in [4.78, 5) is 38.0. The summed E-state index contributed by atoms with van der Waals surface area (Å²) in [6.45, 7) is 6.61. The first kappa shape index (κ1) is 73.6. The van der Waals surface area contributed by atoms with Gasteiger partial charge in [-0.15, -0.1) is 0 Å². The largest absolute Gasteiger partial charge is 0.462 e. The molecule has 6 heteroatoms. The standard InChI is InChI=1S/C70H130O6/c1-4-7-10-13-15-17-19-21-23-25-27-29-31-33-35-37-38-40-42-44-46-48-50-52-54-57-60-63-69(72)75-66-67(65-74-68(71)62-59-56-12-9-6-3)76-70(73)64-61-58-55-53-51-49-47-45-43-41-39-36-34-32-30-28-26-24-22-20-18-16-14-11-8-5-2/h19,21,25,27,31,33,67H,4-18,20,22-24,26,28-30,32,34-66H2,1-3H3/b21-19-,27-25-,33-31-. The van der Waals surface area contributed by atoms with Gasteiger partial charge in [0.05, 0.1) is 0 Å². The molecule has 0 aliphatic rings. The van der Waals surface area contributed by atoms with Crippen molar-refractivity contribution in [1.29, 1.82) is 0 Å². The minimum Gasteiger partial charge on any atom is -0.462 e. The van der Waals surface area contributed by atoms with E-state index >= 15 is 0 Å². The number of allylic oxidation sites excluding steroid dienone is 6. The van der Waals surface area contributed by atoms with E-state index < -0.39 is 6.10 Å². The van der Waals surface area contributed by atoms with Crippen LogP contribution in [0, 0.1) is 0 Å². The van der Waals surface area contributed by atoms with Gasteiger partial charge in [-0.1, -0.05) is 333 Å². The normalized spacial score (nSPS) is 12.2. The lowest BCUT2D eigenvalue weighted by Gasteiger charge is -2.18. The van der Waals surface area contributed by atoms with Crippen LogP contribution in [0.2, 0.25) is 0 Å². The molecule has 76 heavy (non-hydrogen) atoms. The van der Waals surface area contributed by atoms with Gasteiger partial charge in [-0.25, -0.2) is 0 Å². The van der Waals surface area contributed by atoms with E-state index in [1.807, 2.05) is 0 Å². The van der Waals surface area contributed by atoms with Crippen molar-refractivity contribution in [2.24, 2.45) is 0 Å². The van der Waals surface area contributed by atoms with Crippen LogP contribution in [-0.2, 0) is 28.6 Å². The molecule has 0 aromatic carbocycles. The Balaban J connectivity index is 3.96. The minimum atomic E-state index is -0.767. The van der Waals surface area contributed by atoms with E-state index in [4.69, 9.17) is 14.2 Å². The van der Waals surface area contributed by atoms with E-state index in [-0.39, 0.29) is 31.1 Å². The van der Waals surface area contributed by atoms with Gasteiger partial charge in [0.2, 0.25) is 0 Å². The first-order valence-electron chi connectivity index (χ1n) is 34.0. The van der Waals surface area contributed by atoms with Crippen molar-refractivity contribution in [2.75, 3.05) is 13.2 Å². The Morgan fingerprint density at radius 1 is 0.263 bits per heavy atom. The van der Waals surface area contributed by atoms with Gasteiger partial charge >= 0.3 is 17.9 Å². The van der Waals surface area contributed by atoms with Crippen LogP contribution >= 0.6 is 0 Å². The molecule has 0 amide bonds. The molecule has 0 aliphatic carbocycles. The lowest BCUT2D eigenvalue weighted by Crippen LogP contribution is -2.30. The molecule has 0 heterocycles. The zero-order chi connectivity index (χ0) is 55.0. The van der Waals surface area contributed by atoms with E-state index in [1.165, 1.54) is 257 Å². The molecule has 0 aliphatic heterocycles. The highest BCUT2D eigenvalue weighted by Gasteiger charge is 2.19. The lowest BCUT2D eigenvalue weighted by molar-refractivity contribution is -0.167. The number of unbranched alkanes of at least 4 members (excludes halogenated alkanes) is 46. The molecule has 0 spiro atoms. The van der Waals surface area contributed by atoms with Gasteiger partial charge in [0.25, 0.3) is 0 Å². The van der Waals surface area contributed by atoms with Crippen LogP contribution in [0.25, 0.3) is 0 Å². The fraction of sp³-hybridized carbons (Fsp3) is 0.871. The van der Waals surface area contributed by atoms with Gasteiger partial charge in [0.15, 0.2) is 6.10 Å². The summed E-state index contributed by atoms with van der Waals surface area (Å²) >= 11 is 0. The Bertz CT molecular complexity index is 1270. The lowest BCUT2D eigenvalue weighted by atomic mass is 10.0. The van der Waals surface area contributed by atoms with Crippen molar-refractivity contribution < 1.29 is 28.6 Å². The maximum Gasteiger partial charge on any atom is 0.306 e. The zero-order valence-corrected chi connectivity index (χ0v) is 51.3. The molecule has 0 bridgehead atoms. The summed E-state index contributed by atoms with van der Waals surface area (Å²) in [5.74, 6) is -0.861. The molecule has 0 rings (SSSR count). The third-order valence-electron chi connectivity index (χ3n) is 15.4. The van der Waals surface area contributed by atoms with Crippen LogP contribution in [0.3, 0.4) is 0 Å². The van der Waals surface area contributed by atoms with Crippen LogP contribution in [0.5, 0.6) is 0 Å². The number of carbonyl (C=O) groups excluding carboxylic acids is 3. The molecular formula is C70H130O6. The molecule has 0 aromatic rings. The number of rotatable bonds is 63. The van der Waals surface area contributed by atoms with Crippen molar-refractivity contribution in [2.45, 2.75) is 380 Å². The summed E-state index contributed by atoms with van der Waals surface area (Å²) in [7, 11) is 0. The van der Waals surface area contributed by atoms with E-state index in [0.717, 1.165) is 77.0 Å². The van der Waals surface area contributed by atoms with E-state index in [2.05, 4.69) is 57.2 Å². The van der Waals surface area contributed by atoms with Crippen molar-refractivity contribution >= 4 is 17.9 Å². The molecule has 6 nitrogen and oxygen atoms in total. The van der Waals surface area contributed by atoms with E-state index in [0.29, 0.717) is 19.3 Å². The predicted molar refractivity (Wildman–Crippen MR) is 330 cm³/mol. The Hall–Kier alpha value is -2.37. The molecule has 1 atom stereocenters. The summed E-state index contributed by atoms with van der Waals surface area (Å²) in [6, 6.07) is 0. The summed E-state index contributed by atoms with van der Waals surface area (Å²) in [5.41, 5.74) is 0. The van der Waals surface area contributed by atoms with Gasteiger partial charge in [-0.3, -0.25) is 14.4 Å². The summed E-state index contributed by atoms with van der Waals surface area (Å²) < 4.78 is 16.8. The monoisotopic (exact) mass is 1070 g/mol. The fourth-order valence-electron chi connectivity index (χ4n) is 10.3. The average Bonchev–Trinajstić information content (AvgIpc) is 3.42. The third kappa shape index (κ3) is 62.5. The van der Waals surface area contributed by atoms with E-state index in [9.17, 15) is 14.4 Å². The summed E-state index contributed by atoms with van der Waals surface area (Å²) in [5, 5.41) is 0. The van der Waals surface area contributed by atoms with Crippen LogP contribution < -0.4 is 0 Å². The highest BCUT2D eigenvalue weighted by atomic mass is 16.6. The average molecular weight is 1070 g/mol. The smallest absolute Gasteiger partial charge is 0.306 e. The second kappa shape index (κ2) is 65.2. The Kier molecular flexibility index (Phi) is 63.1. The number of carbonyl (C=O) groups is 3. The van der Waals surface area contributed by atoms with Crippen molar-refractivity contribution in [1.82, 2.24) is 0 Å². The molecule has 446 valence electrons. The highest BCUT2D eigenvalue weighted by Crippen LogP contribution is 2.18. The number of hydrogen-bond donors (Lipinski definition) is 0. The molecule has 0 aromatic heterocycles. The van der Waals surface area contributed by atoms with Gasteiger partial charge in [-0.2, -0.15) is 0 Å². The number of hydrogen-bond acceptors (Lipinski definition) is 6. The van der Waals surface area contributed by atoms with Crippen molar-refractivity contribution in [3.8, 4) is 0 Å². The first-order chi connectivity index (χ1) is 37.5. The number of esters is 3. The Labute approximate surface area is 474 Å². The van der Waals surface area contributed by atoms with Gasteiger partial charge in [-0.05, 0) is 57.8 Å². The van der Waals surface area contributed by atoms with Crippen molar-refractivity contribution in [3.05, 3.63) is 36.5 Å². The fourth-order valence-corrected chi connectivity index (χ4v) is 10.3. The topological polar surface area (TPSA) is 78.9 Å². The third-order valence-corrected chi connectivity index (χ3v) is 15.4.